The van der Waals surface area contributed by atoms with Gasteiger partial charge >= 0.3 is 5.97 Å². The Morgan fingerprint density at radius 2 is 1.85 bits per heavy atom. The molecule has 0 fully saturated rings. The topological polar surface area (TPSA) is 64.6 Å². The van der Waals surface area contributed by atoms with Gasteiger partial charge in [0.05, 0.1) is 0 Å². The van der Waals surface area contributed by atoms with Gasteiger partial charge in [-0.3, -0.25) is 4.79 Å². The lowest BCUT2D eigenvalue weighted by atomic mass is 10.1. The minimum Gasteiger partial charge on any atom is -0.490 e. The number of esters is 1. The number of aryl methyl sites for hydroxylation is 1. The van der Waals surface area contributed by atoms with Crippen LogP contribution in [0.25, 0.3) is 6.08 Å². The summed E-state index contributed by atoms with van der Waals surface area (Å²) in [6.45, 7) is 7.57. The molecule has 0 unspecified atom stereocenters. The number of anilines is 1. The number of ether oxygens (including phenoxy) is 2. The predicted molar refractivity (Wildman–Crippen MR) is 107 cm³/mol. The van der Waals surface area contributed by atoms with Crippen molar-refractivity contribution in [2.24, 2.45) is 0 Å². The van der Waals surface area contributed by atoms with Crippen LogP contribution in [0.1, 0.15) is 16.7 Å². The van der Waals surface area contributed by atoms with E-state index in [4.69, 9.17) is 9.47 Å². The molecule has 0 radical (unpaired) electrons. The molecular formula is C22H23NO4. The molecule has 0 heterocycles. The van der Waals surface area contributed by atoms with E-state index in [1.165, 1.54) is 6.08 Å². The Labute approximate surface area is 159 Å². The van der Waals surface area contributed by atoms with E-state index >= 15 is 0 Å². The number of amides is 1. The Morgan fingerprint density at radius 1 is 1.11 bits per heavy atom. The Balaban J connectivity index is 1.81. The molecule has 140 valence electrons. The number of nitrogens with one attached hydrogen (secondary N) is 1. The molecule has 0 aromatic heterocycles. The first-order chi connectivity index (χ1) is 13.0. The first-order valence-electron chi connectivity index (χ1n) is 8.54. The summed E-state index contributed by atoms with van der Waals surface area (Å²) in [5, 5.41) is 2.74. The standard InChI is InChI=1S/C22H23NO4/c1-4-14-26-19-11-8-18(9-12-19)10-13-22(25)27-15-21(24)23-20-7-5-6-16(2)17(20)3/h4-13H,1,14-15H2,2-3H3,(H,23,24)/b13-10+. The maximum absolute atomic E-state index is 11.9. The molecule has 27 heavy (non-hydrogen) atoms. The van der Waals surface area contributed by atoms with Gasteiger partial charge in [-0.2, -0.15) is 0 Å². The van der Waals surface area contributed by atoms with Gasteiger partial charge in [-0.1, -0.05) is 36.9 Å². The van der Waals surface area contributed by atoms with Crippen molar-refractivity contribution in [2.45, 2.75) is 13.8 Å². The van der Waals surface area contributed by atoms with E-state index in [2.05, 4.69) is 11.9 Å². The van der Waals surface area contributed by atoms with Gasteiger partial charge < -0.3 is 14.8 Å². The fourth-order valence-electron chi connectivity index (χ4n) is 2.25. The molecule has 0 bridgehead atoms. The second-order valence-electron chi connectivity index (χ2n) is 5.91. The van der Waals surface area contributed by atoms with Gasteiger partial charge in [-0.15, -0.1) is 0 Å². The van der Waals surface area contributed by atoms with Crippen LogP contribution in [-0.4, -0.2) is 25.1 Å². The van der Waals surface area contributed by atoms with Gasteiger partial charge in [0.2, 0.25) is 0 Å². The second kappa shape index (κ2) is 9.97. The summed E-state index contributed by atoms with van der Waals surface area (Å²) in [5.41, 5.74) is 3.59. The van der Waals surface area contributed by atoms with Gasteiger partial charge in [-0.05, 0) is 54.8 Å². The van der Waals surface area contributed by atoms with Gasteiger partial charge in [0, 0.05) is 11.8 Å². The number of rotatable bonds is 8. The zero-order chi connectivity index (χ0) is 19.6. The molecule has 0 spiro atoms. The Hall–Kier alpha value is -3.34. The lowest BCUT2D eigenvalue weighted by Crippen LogP contribution is -2.20. The number of benzene rings is 2. The third-order valence-corrected chi connectivity index (χ3v) is 3.88. The van der Waals surface area contributed by atoms with Crippen LogP contribution < -0.4 is 10.1 Å². The van der Waals surface area contributed by atoms with E-state index < -0.39 is 5.97 Å². The molecule has 0 saturated heterocycles. The van der Waals surface area contributed by atoms with Crippen molar-refractivity contribution in [1.29, 1.82) is 0 Å². The maximum atomic E-state index is 11.9. The third kappa shape index (κ3) is 6.47. The summed E-state index contributed by atoms with van der Waals surface area (Å²) in [6, 6.07) is 12.9. The largest absolute Gasteiger partial charge is 0.490 e. The fourth-order valence-corrected chi connectivity index (χ4v) is 2.25. The highest BCUT2D eigenvalue weighted by Crippen LogP contribution is 2.17. The quantitative estimate of drug-likeness (QED) is 0.435. The molecule has 0 aliphatic heterocycles. The van der Waals surface area contributed by atoms with E-state index in [0.717, 1.165) is 22.4 Å². The molecule has 0 atom stereocenters. The van der Waals surface area contributed by atoms with Crippen LogP contribution in [0.2, 0.25) is 0 Å². The van der Waals surface area contributed by atoms with Gasteiger partial charge in [-0.25, -0.2) is 4.79 Å². The molecule has 2 aromatic rings. The average molecular weight is 365 g/mol. The SMILES string of the molecule is C=CCOc1ccc(/C=C/C(=O)OCC(=O)Nc2cccc(C)c2C)cc1. The minimum atomic E-state index is -0.585. The highest BCUT2D eigenvalue weighted by Gasteiger charge is 2.08. The molecular weight excluding hydrogens is 342 g/mol. The van der Waals surface area contributed by atoms with Crippen LogP contribution in [0.5, 0.6) is 5.75 Å². The average Bonchev–Trinajstić information content (AvgIpc) is 2.67. The summed E-state index contributed by atoms with van der Waals surface area (Å²) in [4.78, 5) is 23.7. The number of carbonyl (C=O) groups excluding carboxylic acids is 2. The van der Waals surface area contributed by atoms with Gasteiger partial charge in [0.15, 0.2) is 6.61 Å². The summed E-state index contributed by atoms with van der Waals surface area (Å²) in [7, 11) is 0. The first kappa shape index (κ1) is 20.0. The molecule has 1 amide bonds. The Morgan fingerprint density at radius 3 is 2.56 bits per heavy atom. The van der Waals surface area contributed by atoms with E-state index in [0.29, 0.717) is 12.3 Å². The normalized spacial score (nSPS) is 10.4. The molecule has 5 nitrogen and oxygen atoms in total. The Bertz CT molecular complexity index is 838. The van der Waals surface area contributed by atoms with Crippen molar-refractivity contribution >= 4 is 23.6 Å². The number of hydrogen-bond donors (Lipinski definition) is 1. The van der Waals surface area contributed by atoms with Crippen LogP contribution in [0.3, 0.4) is 0 Å². The summed E-state index contributed by atoms with van der Waals surface area (Å²) < 4.78 is 10.4. The molecule has 0 aliphatic carbocycles. The van der Waals surface area contributed by atoms with Crippen LogP contribution in [0, 0.1) is 13.8 Å². The van der Waals surface area contributed by atoms with E-state index in [1.807, 2.05) is 44.2 Å². The minimum absolute atomic E-state index is 0.342. The molecule has 0 saturated carbocycles. The molecule has 5 heteroatoms. The highest BCUT2D eigenvalue weighted by molar-refractivity contribution is 5.95. The summed E-state index contributed by atoms with van der Waals surface area (Å²) >= 11 is 0. The predicted octanol–water partition coefficient (Wildman–Crippen LogP) is 4.06. The van der Waals surface area contributed by atoms with Crippen LogP contribution in [0.15, 0.2) is 61.2 Å². The third-order valence-electron chi connectivity index (χ3n) is 3.88. The van der Waals surface area contributed by atoms with E-state index in [-0.39, 0.29) is 12.5 Å². The van der Waals surface area contributed by atoms with Crippen molar-refractivity contribution in [3.8, 4) is 5.75 Å². The van der Waals surface area contributed by atoms with Gasteiger partial charge in [0.1, 0.15) is 12.4 Å². The van der Waals surface area contributed by atoms with Crippen molar-refractivity contribution in [3.63, 3.8) is 0 Å². The Kier molecular flexibility index (Phi) is 7.37. The fraction of sp³-hybridized carbons (Fsp3) is 0.182. The number of hydrogen-bond acceptors (Lipinski definition) is 4. The maximum Gasteiger partial charge on any atom is 0.331 e. The summed E-state index contributed by atoms with van der Waals surface area (Å²) in [6.07, 6.45) is 4.56. The zero-order valence-corrected chi connectivity index (χ0v) is 15.5. The van der Waals surface area contributed by atoms with Crippen molar-refractivity contribution in [3.05, 3.63) is 77.9 Å². The monoisotopic (exact) mass is 365 g/mol. The lowest BCUT2D eigenvalue weighted by Gasteiger charge is -2.10. The molecule has 0 aliphatic rings. The zero-order valence-electron chi connectivity index (χ0n) is 15.5. The second-order valence-corrected chi connectivity index (χ2v) is 5.91. The van der Waals surface area contributed by atoms with Crippen molar-refractivity contribution in [2.75, 3.05) is 18.5 Å². The van der Waals surface area contributed by atoms with Crippen molar-refractivity contribution < 1.29 is 19.1 Å². The molecule has 2 rings (SSSR count). The number of carbonyl (C=O) groups is 2. The molecule has 2 aromatic carbocycles. The highest BCUT2D eigenvalue weighted by atomic mass is 16.5. The van der Waals surface area contributed by atoms with Crippen LogP contribution >= 0.6 is 0 Å². The van der Waals surface area contributed by atoms with E-state index in [9.17, 15) is 9.59 Å². The smallest absolute Gasteiger partial charge is 0.331 e. The lowest BCUT2D eigenvalue weighted by molar-refractivity contribution is -0.142. The summed E-state index contributed by atoms with van der Waals surface area (Å²) in [5.74, 6) is -0.245. The first-order valence-corrected chi connectivity index (χ1v) is 8.54. The van der Waals surface area contributed by atoms with Crippen LogP contribution in [0.4, 0.5) is 5.69 Å². The van der Waals surface area contributed by atoms with E-state index in [1.54, 1.807) is 24.3 Å². The molecule has 1 N–H and O–H groups in total. The van der Waals surface area contributed by atoms with Gasteiger partial charge in [0.25, 0.3) is 5.91 Å². The van der Waals surface area contributed by atoms with Crippen molar-refractivity contribution in [1.82, 2.24) is 0 Å². The van der Waals surface area contributed by atoms with Crippen LogP contribution in [-0.2, 0) is 14.3 Å².